The van der Waals surface area contributed by atoms with Gasteiger partial charge in [-0.1, -0.05) is 25.1 Å². The molecular weight excluding hydrogens is 256 g/mol. The van der Waals surface area contributed by atoms with Gasteiger partial charge in [0.1, 0.15) is 0 Å². The first-order valence-electron chi connectivity index (χ1n) is 6.97. The van der Waals surface area contributed by atoms with Gasteiger partial charge in [-0.05, 0) is 37.3 Å². The number of unbranched alkanes of at least 4 members (excludes halogenated alkanes) is 2. The summed E-state index contributed by atoms with van der Waals surface area (Å²) < 4.78 is 0. The van der Waals surface area contributed by atoms with Gasteiger partial charge in [0.25, 0.3) is 0 Å². The van der Waals surface area contributed by atoms with E-state index in [1.54, 1.807) is 6.07 Å². The van der Waals surface area contributed by atoms with E-state index in [-0.39, 0.29) is 6.61 Å². The molecule has 3 N–H and O–H groups in total. The van der Waals surface area contributed by atoms with Crippen LogP contribution in [0.1, 0.15) is 31.7 Å². The van der Waals surface area contributed by atoms with Crippen LogP contribution in [0, 0.1) is 0 Å². The lowest BCUT2D eigenvalue weighted by atomic mass is 10.1. The number of para-hydroxylation sites is 1. The summed E-state index contributed by atoms with van der Waals surface area (Å²) in [5, 5.41) is 13.8. The van der Waals surface area contributed by atoms with Crippen molar-refractivity contribution < 1.29 is 14.7 Å². The maximum Gasteiger partial charge on any atom is 0.313 e. The highest BCUT2D eigenvalue weighted by Crippen LogP contribution is 2.15. The molecular formula is C15H22N2O3. The Morgan fingerprint density at radius 1 is 1.10 bits per heavy atom. The molecule has 20 heavy (non-hydrogen) atoms. The minimum absolute atomic E-state index is 0.155. The van der Waals surface area contributed by atoms with Crippen LogP contribution in [0.4, 0.5) is 5.69 Å². The molecule has 1 aromatic carbocycles. The van der Waals surface area contributed by atoms with Gasteiger partial charge in [0.15, 0.2) is 0 Å². The number of aliphatic hydroxyl groups is 1. The first-order chi connectivity index (χ1) is 9.69. The van der Waals surface area contributed by atoms with Gasteiger partial charge in [-0.2, -0.15) is 0 Å². The van der Waals surface area contributed by atoms with Crippen molar-refractivity contribution >= 4 is 17.5 Å². The van der Waals surface area contributed by atoms with Gasteiger partial charge in [0, 0.05) is 18.8 Å². The Morgan fingerprint density at radius 2 is 1.85 bits per heavy atom. The van der Waals surface area contributed by atoms with Crippen molar-refractivity contribution in [1.82, 2.24) is 5.32 Å². The van der Waals surface area contributed by atoms with E-state index in [2.05, 4.69) is 10.6 Å². The second kappa shape index (κ2) is 9.09. The van der Waals surface area contributed by atoms with Crippen molar-refractivity contribution in [3.63, 3.8) is 0 Å². The highest BCUT2D eigenvalue weighted by atomic mass is 16.3. The Balaban J connectivity index is 2.40. The van der Waals surface area contributed by atoms with Crippen LogP contribution in [0.25, 0.3) is 0 Å². The fourth-order valence-corrected chi connectivity index (χ4v) is 1.83. The monoisotopic (exact) mass is 278 g/mol. The summed E-state index contributed by atoms with van der Waals surface area (Å²) in [5.74, 6) is -1.27. The fraction of sp³-hybridized carbons (Fsp3) is 0.467. The van der Waals surface area contributed by atoms with Crippen LogP contribution < -0.4 is 10.6 Å². The Morgan fingerprint density at radius 3 is 2.55 bits per heavy atom. The lowest BCUT2D eigenvalue weighted by molar-refractivity contribution is -0.136. The Labute approximate surface area is 119 Å². The van der Waals surface area contributed by atoms with E-state index in [9.17, 15) is 9.59 Å². The minimum atomic E-state index is -0.645. The molecule has 5 heteroatoms. The molecule has 0 heterocycles. The molecule has 0 spiro atoms. The van der Waals surface area contributed by atoms with Crippen LogP contribution in [0.15, 0.2) is 24.3 Å². The Bertz CT molecular complexity index is 446. The van der Waals surface area contributed by atoms with Gasteiger partial charge in [0.05, 0.1) is 0 Å². The second-order valence-electron chi connectivity index (χ2n) is 4.50. The zero-order valence-electron chi connectivity index (χ0n) is 11.8. The van der Waals surface area contributed by atoms with E-state index in [1.165, 1.54) is 0 Å². The van der Waals surface area contributed by atoms with E-state index in [0.29, 0.717) is 18.7 Å². The molecule has 0 aromatic heterocycles. The molecule has 0 aliphatic heterocycles. The molecule has 0 atom stereocenters. The van der Waals surface area contributed by atoms with Crippen molar-refractivity contribution in [3.05, 3.63) is 29.8 Å². The quantitative estimate of drug-likeness (QED) is 0.522. The van der Waals surface area contributed by atoms with Gasteiger partial charge in [-0.15, -0.1) is 0 Å². The summed E-state index contributed by atoms with van der Waals surface area (Å²) in [5.41, 5.74) is 1.67. The normalized spacial score (nSPS) is 10.1. The number of anilines is 1. The van der Waals surface area contributed by atoms with Gasteiger partial charge in [0.2, 0.25) is 0 Å². The molecule has 0 fully saturated rings. The average Bonchev–Trinajstić information content (AvgIpc) is 2.47. The number of carbonyl (C=O) groups is 2. The van der Waals surface area contributed by atoms with Crippen LogP contribution in [0.2, 0.25) is 0 Å². The van der Waals surface area contributed by atoms with E-state index < -0.39 is 11.8 Å². The molecule has 2 amide bonds. The summed E-state index contributed by atoms with van der Waals surface area (Å²) >= 11 is 0. The predicted octanol–water partition coefficient (Wildman–Crippen LogP) is 1.47. The van der Waals surface area contributed by atoms with Crippen LogP contribution in [0.5, 0.6) is 0 Å². The maximum atomic E-state index is 11.7. The van der Waals surface area contributed by atoms with Gasteiger partial charge < -0.3 is 15.7 Å². The lowest BCUT2D eigenvalue weighted by Crippen LogP contribution is -2.36. The van der Waals surface area contributed by atoms with Gasteiger partial charge in [-0.25, -0.2) is 0 Å². The third-order valence-corrected chi connectivity index (χ3v) is 2.97. The van der Waals surface area contributed by atoms with E-state index in [1.807, 2.05) is 25.1 Å². The smallest absolute Gasteiger partial charge is 0.313 e. The lowest BCUT2D eigenvalue weighted by Gasteiger charge is -2.09. The third-order valence-electron chi connectivity index (χ3n) is 2.97. The van der Waals surface area contributed by atoms with Crippen molar-refractivity contribution in [2.24, 2.45) is 0 Å². The maximum absolute atomic E-state index is 11.7. The number of aryl methyl sites for hydroxylation is 1. The first-order valence-corrected chi connectivity index (χ1v) is 6.97. The molecule has 0 saturated carbocycles. The second-order valence-corrected chi connectivity index (χ2v) is 4.50. The van der Waals surface area contributed by atoms with Gasteiger partial charge >= 0.3 is 11.8 Å². The topological polar surface area (TPSA) is 78.4 Å². The fourth-order valence-electron chi connectivity index (χ4n) is 1.83. The number of hydrogen-bond donors (Lipinski definition) is 3. The molecule has 0 aliphatic carbocycles. The first kappa shape index (κ1) is 16.2. The molecule has 5 nitrogen and oxygen atoms in total. The van der Waals surface area contributed by atoms with E-state index >= 15 is 0 Å². The molecule has 1 rings (SSSR count). The van der Waals surface area contributed by atoms with E-state index in [0.717, 1.165) is 24.8 Å². The zero-order valence-corrected chi connectivity index (χ0v) is 11.8. The summed E-state index contributed by atoms with van der Waals surface area (Å²) in [6, 6.07) is 7.42. The predicted molar refractivity (Wildman–Crippen MR) is 78.4 cm³/mol. The number of hydrogen-bond acceptors (Lipinski definition) is 3. The molecule has 0 bridgehead atoms. The number of benzene rings is 1. The van der Waals surface area contributed by atoms with Crippen LogP contribution in [-0.2, 0) is 16.0 Å². The van der Waals surface area contributed by atoms with Crippen molar-refractivity contribution in [3.8, 4) is 0 Å². The summed E-state index contributed by atoms with van der Waals surface area (Å²) in [4.78, 5) is 23.3. The molecule has 1 aromatic rings. The Kier molecular flexibility index (Phi) is 7.35. The molecule has 0 saturated heterocycles. The zero-order chi connectivity index (χ0) is 14.8. The molecule has 0 unspecified atom stereocenters. The summed E-state index contributed by atoms with van der Waals surface area (Å²) in [6.07, 6.45) is 3.09. The van der Waals surface area contributed by atoms with Gasteiger partial charge in [-0.3, -0.25) is 9.59 Å². The van der Waals surface area contributed by atoms with Crippen LogP contribution in [-0.4, -0.2) is 30.1 Å². The molecule has 0 radical (unpaired) electrons. The number of rotatable bonds is 7. The van der Waals surface area contributed by atoms with Crippen molar-refractivity contribution in [2.45, 2.75) is 32.6 Å². The Hall–Kier alpha value is -1.88. The highest BCUT2D eigenvalue weighted by Gasteiger charge is 2.13. The number of amides is 2. The standard InChI is InChI=1S/C15H22N2O3/c1-2-12-8-4-5-9-13(12)17-15(20)14(19)16-10-6-3-7-11-18/h4-5,8-9,18H,2-3,6-7,10-11H2,1H3,(H,16,19)(H,17,20). The summed E-state index contributed by atoms with van der Waals surface area (Å²) in [6.45, 7) is 2.59. The number of aliphatic hydroxyl groups excluding tert-OH is 1. The molecule has 110 valence electrons. The SMILES string of the molecule is CCc1ccccc1NC(=O)C(=O)NCCCCCO. The highest BCUT2D eigenvalue weighted by molar-refractivity contribution is 6.39. The average molecular weight is 278 g/mol. The third kappa shape index (κ3) is 5.40. The van der Waals surface area contributed by atoms with Crippen LogP contribution >= 0.6 is 0 Å². The minimum Gasteiger partial charge on any atom is -0.396 e. The van der Waals surface area contributed by atoms with Crippen LogP contribution in [0.3, 0.4) is 0 Å². The van der Waals surface area contributed by atoms with Crippen molar-refractivity contribution in [2.75, 3.05) is 18.5 Å². The number of nitrogens with one attached hydrogen (secondary N) is 2. The molecule has 0 aliphatic rings. The van der Waals surface area contributed by atoms with Crippen molar-refractivity contribution in [1.29, 1.82) is 0 Å². The number of carbonyl (C=O) groups excluding carboxylic acids is 2. The largest absolute Gasteiger partial charge is 0.396 e. The van der Waals surface area contributed by atoms with E-state index in [4.69, 9.17) is 5.11 Å². The summed E-state index contributed by atoms with van der Waals surface area (Å²) in [7, 11) is 0.